The molecular weight excluding hydrogens is 264 g/mol. The molecule has 6 aliphatic carbocycles. The van der Waals surface area contributed by atoms with Crippen molar-refractivity contribution >= 4 is 0 Å². The van der Waals surface area contributed by atoms with E-state index >= 15 is 0 Å². The van der Waals surface area contributed by atoms with E-state index in [9.17, 15) is 0 Å². The second-order valence-electron chi connectivity index (χ2n) is 11.7. The maximum absolute atomic E-state index is 2.75. The van der Waals surface area contributed by atoms with Crippen molar-refractivity contribution in [2.75, 3.05) is 0 Å². The van der Waals surface area contributed by atoms with Gasteiger partial charge in [-0.1, -0.05) is 48.5 Å². The van der Waals surface area contributed by atoms with E-state index in [1.165, 1.54) is 6.42 Å². The summed E-state index contributed by atoms with van der Waals surface area (Å²) in [5, 5.41) is 0. The number of rotatable bonds is 0. The molecule has 0 amide bonds. The van der Waals surface area contributed by atoms with E-state index in [-0.39, 0.29) is 0 Å². The summed E-state index contributed by atoms with van der Waals surface area (Å²) in [6.07, 6.45) is 3.11. The Balaban J connectivity index is 1.67. The van der Waals surface area contributed by atoms with E-state index in [2.05, 4.69) is 48.5 Å². The molecular formula is C22H34. The first-order valence-corrected chi connectivity index (χ1v) is 10.2. The van der Waals surface area contributed by atoms with Crippen LogP contribution in [-0.4, -0.2) is 0 Å². The molecule has 0 nitrogen and oxygen atoms in total. The van der Waals surface area contributed by atoms with Gasteiger partial charge in [-0.2, -0.15) is 0 Å². The van der Waals surface area contributed by atoms with Crippen LogP contribution in [0.25, 0.3) is 0 Å². The summed E-state index contributed by atoms with van der Waals surface area (Å²) in [5.74, 6) is 9.47. The first-order valence-electron chi connectivity index (χ1n) is 10.2. The lowest BCUT2D eigenvalue weighted by molar-refractivity contribution is -0.434. The summed E-state index contributed by atoms with van der Waals surface area (Å²) >= 11 is 0. The zero-order chi connectivity index (χ0) is 15.6. The monoisotopic (exact) mass is 298 g/mol. The summed E-state index contributed by atoms with van der Waals surface area (Å²) in [7, 11) is 0. The Kier molecular flexibility index (Phi) is 1.81. The standard InChI is InChI=1S/C22H34/c1-10-8-13-17-14(10)15-11(2)19(4)9-20(5)18(13)21(6,22(19,20)7)12(3)16(15)17/h10-18H,8-9H2,1-7H3. The van der Waals surface area contributed by atoms with Crippen molar-refractivity contribution in [3.05, 3.63) is 0 Å². The van der Waals surface area contributed by atoms with Crippen LogP contribution in [0.1, 0.15) is 61.3 Å². The van der Waals surface area contributed by atoms with Crippen molar-refractivity contribution in [1.82, 2.24) is 0 Å². The molecule has 2 bridgehead atoms. The molecule has 0 aliphatic heterocycles. The van der Waals surface area contributed by atoms with Gasteiger partial charge in [0.1, 0.15) is 0 Å². The van der Waals surface area contributed by atoms with E-state index in [4.69, 9.17) is 0 Å². The van der Waals surface area contributed by atoms with Crippen molar-refractivity contribution < 1.29 is 0 Å². The van der Waals surface area contributed by atoms with Gasteiger partial charge in [-0.25, -0.2) is 0 Å². The van der Waals surface area contributed by atoms with Crippen LogP contribution in [-0.2, 0) is 0 Å². The lowest BCUT2D eigenvalue weighted by Crippen LogP contribution is -2.86. The third-order valence-electron chi connectivity index (χ3n) is 12.5. The minimum atomic E-state index is 0.613. The summed E-state index contributed by atoms with van der Waals surface area (Å²) in [4.78, 5) is 0. The quantitative estimate of drug-likeness (QED) is 0.555. The fourth-order valence-electron chi connectivity index (χ4n) is 12.0. The van der Waals surface area contributed by atoms with E-state index in [0.717, 1.165) is 53.3 Å². The minimum absolute atomic E-state index is 0.613. The Bertz CT molecular complexity index is 607. The Morgan fingerprint density at radius 3 is 2.05 bits per heavy atom. The molecule has 122 valence electrons. The van der Waals surface area contributed by atoms with Gasteiger partial charge in [0.05, 0.1) is 0 Å². The van der Waals surface area contributed by atoms with Crippen LogP contribution < -0.4 is 0 Å². The molecule has 6 aliphatic rings. The van der Waals surface area contributed by atoms with Crippen molar-refractivity contribution in [2.45, 2.75) is 61.3 Å². The number of fused-ring (bicyclic) bond motifs is 3. The van der Waals surface area contributed by atoms with E-state index in [0.29, 0.717) is 21.7 Å². The van der Waals surface area contributed by atoms with Crippen molar-refractivity contribution in [3.63, 3.8) is 0 Å². The highest BCUT2D eigenvalue weighted by Gasteiger charge is 2.93. The fourth-order valence-corrected chi connectivity index (χ4v) is 12.0. The van der Waals surface area contributed by atoms with Gasteiger partial charge in [0.2, 0.25) is 0 Å². The minimum Gasteiger partial charge on any atom is -0.0622 e. The first kappa shape index (κ1) is 13.3. The second-order valence-corrected chi connectivity index (χ2v) is 11.7. The maximum atomic E-state index is 2.75. The third kappa shape index (κ3) is 0.767. The average Bonchev–Trinajstić information content (AvgIpc) is 2.71. The van der Waals surface area contributed by atoms with Gasteiger partial charge in [0, 0.05) is 0 Å². The van der Waals surface area contributed by atoms with Crippen LogP contribution in [0.15, 0.2) is 0 Å². The van der Waals surface area contributed by atoms with Crippen molar-refractivity contribution in [1.29, 1.82) is 0 Å². The highest BCUT2D eigenvalue weighted by Crippen LogP contribution is 2.98. The van der Waals surface area contributed by atoms with Crippen molar-refractivity contribution in [3.8, 4) is 0 Å². The van der Waals surface area contributed by atoms with Crippen LogP contribution in [0.4, 0.5) is 0 Å². The molecule has 0 heteroatoms. The molecule has 13 unspecified atom stereocenters. The van der Waals surface area contributed by atoms with Gasteiger partial charge in [-0.3, -0.25) is 0 Å². The Morgan fingerprint density at radius 1 is 0.727 bits per heavy atom. The Morgan fingerprint density at radius 2 is 1.36 bits per heavy atom. The summed E-state index contributed by atoms with van der Waals surface area (Å²) in [6.45, 7) is 18.9. The molecule has 0 spiro atoms. The molecule has 13 atom stereocenters. The Hall–Kier alpha value is 0. The molecule has 0 aromatic rings. The molecule has 0 N–H and O–H groups in total. The van der Waals surface area contributed by atoms with Gasteiger partial charge >= 0.3 is 0 Å². The molecule has 22 heavy (non-hydrogen) atoms. The topological polar surface area (TPSA) is 0 Å². The SMILES string of the molecule is CC1CC2C3C1C1C3C(C)C3(C)C2C2(C)CC(C)(C1C)C23C. The largest absolute Gasteiger partial charge is 0.0622 e. The van der Waals surface area contributed by atoms with Crippen LogP contribution >= 0.6 is 0 Å². The van der Waals surface area contributed by atoms with E-state index in [1.807, 2.05) is 0 Å². The molecule has 0 saturated heterocycles. The Labute approximate surface area is 136 Å². The lowest BCUT2D eigenvalue weighted by Gasteiger charge is -2.90. The zero-order valence-electron chi connectivity index (χ0n) is 15.6. The molecule has 6 saturated carbocycles. The predicted octanol–water partition coefficient (Wildman–Crippen LogP) is 5.48. The summed E-state index contributed by atoms with van der Waals surface area (Å²) in [5.41, 5.74) is 2.54. The van der Waals surface area contributed by atoms with Crippen LogP contribution in [0.3, 0.4) is 0 Å². The van der Waals surface area contributed by atoms with Crippen LogP contribution in [0.2, 0.25) is 0 Å². The number of hydrogen-bond donors (Lipinski definition) is 0. The molecule has 0 radical (unpaired) electrons. The third-order valence-corrected chi connectivity index (χ3v) is 12.5. The lowest BCUT2D eigenvalue weighted by atomic mass is 9.13. The predicted molar refractivity (Wildman–Crippen MR) is 90.1 cm³/mol. The highest BCUT2D eigenvalue weighted by atomic mass is 15.0. The smallest absolute Gasteiger partial charge is 0.0153 e. The molecule has 0 aromatic carbocycles. The van der Waals surface area contributed by atoms with Crippen molar-refractivity contribution in [2.24, 2.45) is 74.9 Å². The summed E-state index contributed by atoms with van der Waals surface area (Å²) < 4.78 is 0. The van der Waals surface area contributed by atoms with E-state index < -0.39 is 0 Å². The summed E-state index contributed by atoms with van der Waals surface area (Å²) in [6, 6.07) is 0. The molecule has 6 fully saturated rings. The van der Waals surface area contributed by atoms with Gasteiger partial charge < -0.3 is 0 Å². The maximum Gasteiger partial charge on any atom is -0.0153 e. The number of hydrogen-bond acceptors (Lipinski definition) is 0. The molecule has 6 rings (SSSR count). The van der Waals surface area contributed by atoms with Gasteiger partial charge in [-0.15, -0.1) is 0 Å². The molecule has 0 aromatic heterocycles. The first-order chi connectivity index (χ1) is 10.2. The van der Waals surface area contributed by atoms with Gasteiger partial charge in [-0.05, 0) is 87.8 Å². The molecule has 0 heterocycles. The second kappa shape index (κ2) is 2.99. The van der Waals surface area contributed by atoms with Gasteiger partial charge in [0.15, 0.2) is 0 Å². The highest BCUT2D eigenvalue weighted by molar-refractivity contribution is 5.40. The van der Waals surface area contributed by atoms with Crippen LogP contribution in [0.5, 0.6) is 0 Å². The van der Waals surface area contributed by atoms with Gasteiger partial charge in [0.25, 0.3) is 0 Å². The van der Waals surface area contributed by atoms with Crippen LogP contribution in [0, 0.1) is 74.9 Å². The zero-order valence-corrected chi connectivity index (χ0v) is 15.6. The normalized spacial score (nSPS) is 82.2. The average molecular weight is 299 g/mol. The fraction of sp³-hybridized carbons (Fsp3) is 1.00. The van der Waals surface area contributed by atoms with E-state index in [1.54, 1.807) is 6.42 Å².